The van der Waals surface area contributed by atoms with Crippen LogP contribution in [0.3, 0.4) is 0 Å². The molecule has 2 heterocycles. The van der Waals surface area contributed by atoms with E-state index in [0.29, 0.717) is 17.3 Å². The lowest BCUT2D eigenvalue weighted by molar-refractivity contribution is -0.116. The highest BCUT2D eigenvalue weighted by atomic mass is 35.5. The zero-order valence-electron chi connectivity index (χ0n) is 12.4. The third-order valence-corrected chi connectivity index (χ3v) is 3.90. The van der Waals surface area contributed by atoms with Crippen LogP contribution in [-0.4, -0.2) is 20.7 Å². The molecule has 3 rings (SSSR count). The molecule has 0 spiro atoms. The Kier molecular flexibility index (Phi) is 4.78. The summed E-state index contributed by atoms with van der Waals surface area (Å²) in [6, 6.07) is 13.3. The van der Waals surface area contributed by atoms with E-state index < -0.39 is 0 Å². The summed E-state index contributed by atoms with van der Waals surface area (Å²) in [5.74, 6) is 0.606. The maximum Gasteiger partial charge on any atom is 0.226 e. The summed E-state index contributed by atoms with van der Waals surface area (Å²) >= 11 is 5.96. The normalized spacial score (nSPS) is 12.0. The molecule has 5 nitrogen and oxygen atoms in total. The van der Waals surface area contributed by atoms with Crippen LogP contribution in [0.15, 0.2) is 61.1 Å². The lowest BCUT2D eigenvalue weighted by atomic mass is 9.95. The molecule has 0 aliphatic heterocycles. The summed E-state index contributed by atoms with van der Waals surface area (Å²) in [6.45, 7) is 0.727. The van der Waals surface area contributed by atoms with Gasteiger partial charge < -0.3 is 9.88 Å². The number of rotatable bonds is 6. The molecule has 0 aliphatic rings. The summed E-state index contributed by atoms with van der Waals surface area (Å²) in [7, 11) is 0. The van der Waals surface area contributed by atoms with Gasteiger partial charge in [-0.3, -0.25) is 9.89 Å². The minimum Gasteiger partial charge on any atom is -0.354 e. The molecule has 0 fully saturated rings. The van der Waals surface area contributed by atoms with Gasteiger partial charge in [0.2, 0.25) is 5.91 Å². The highest BCUT2D eigenvalue weighted by Crippen LogP contribution is 2.24. The van der Waals surface area contributed by atoms with Crippen LogP contribution in [0, 0.1) is 0 Å². The Hall–Kier alpha value is -2.53. The second-order valence-corrected chi connectivity index (χ2v) is 5.79. The van der Waals surface area contributed by atoms with Crippen molar-refractivity contribution in [3.05, 3.63) is 71.6 Å². The zero-order valence-corrected chi connectivity index (χ0v) is 13.2. The predicted octanol–water partition coefficient (Wildman–Crippen LogP) is 3.68. The van der Waals surface area contributed by atoms with Crippen LogP contribution < -0.4 is 5.32 Å². The van der Waals surface area contributed by atoms with Gasteiger partial charge in [-0.05, 0) is 29.8 Å². The van der Waals surface area contributed by atoms with E-state index >= 15 is 0 Å². The number of amides is 1. The molecule has 0 bridgehead atoms. The van der Waals surface area contributed by atoms with Crippen LogP contribution in [0.25, 0.3) is 0 Å². The molecule has 0 saturated heterocycles. The van der Waals surface area contributed by atoms with Gasteiger partial charge in [0.25, 0.3) is 0 Å². The molecule has 0 radical (unpaired) electrons. The van der Waals surface area contributed by atoms with Crippen LogP contribution in [0.4, 0.5) is 5.82 Å². The minimum absolute atomic E-state index is 0.0543. The molecule has 1 amide bonds. The fourth-order valence-electron chi connectivity index (χ4n) is 2.52. The van der Waals surface area contributed by atoms with E-state index in [9.17, 15) is 4.79 Å². The van der Waals surface area contributed by atoms with Crippen molar-refractivity contribution >= 4 is 23.3 Å². The number of anilines is 1. The number of nitrogens with zero attached hydrogens (tertiary/aromatic N) is 2. The van der Waals surface area contributed by atoms with E-state index in [1.54, 1.807) is 12.3 Å². The van der Waals surface area contributed by atoms with Gasteiger partial charge in [0, 0.05) is 42.4 Å². The zero-order chi connectivity index (χ0) is 16.1. The largest absolute Gasteiger partial charge is 0.354 e. The third-order valence-electron chi connectivity index (χ3n) is 3.65. The maximum absolute atomic E-state index is 12.3. The van der Waals surface area contributed by atoms with E-state index in [0.717, 1.165) is 12.1 Å². The SMILES string of the molecule is O=C(CC(Cn1cccc1)c1ccc(Cl)cc1)Nc1ccn[nH]1. The Morgan fingerprint density at radius 3 is 2.61 bits per heavy atom. The molecular formula is C17H17ClN4O. The Balaban J connectivity index is 1.74. The van der Waals surface area contributed by atoms with Gasteiger partial charge in [0.05, 0.1) is 6.20 Å². The molecule has 3 aromatic rings. The molecular weight excluding hydrogens is 312 g/mol. The highest BCUT2D eigenvalue weighted by Gasteiger charge is 2.17. The van der Waals surface area contributed by atoms with Gasteiger partial charge in [-0.25, -0.2) is 0 Å². The first-order chi connectivity index (χ1) is 11.2. The average Bonchev–Trinajstić information content (AvgIpc) is 3.21. The van der Waals surface area contributed by atoms with Crippen molar-refractivity contribution in [2.24, 2.45) is 0 Å². The van der Waals surface area contributed by atoms with Gasteiger partial charge >= 0.3 is 0 Å². The van der Waals surface area contributed by atoms with Gasteiger partial charge in [0.1, 0.15) is 5.82 Å². The van der Waals surface area contributed by atoms with Crippen LogP contribution in [0.2, 0.25) is 5.02 Å². The van der Waals surface area contributed by atoms with Gasteiger partial charge in [-0.2, -0.15) is 5.10 Å². The standard InChI is InChI=1S/C17H17ClN4O/c18-15-5-3-13(4-6-15)14(12-22-9-1-2-10-22)11-17(23)20-16-7-8-19-21-16/h1-10,14H,11-12H2,(H2,19,20,21,23). The number of aromatic nitrogens is 3. The van der Waals surface area contributed by atoms with E-state index in [2.05, 4.69) is 20.1 Å². The van der Waals surface area contributed by atoms with Crippen LogP contribution in [0.5, 0.6) is 0 Å². The van der Waals surface area contributed by atoms with E-state index in [-0.39, 0.29) is 11.8 Å². The molecule has 1 unspecified atom stereocenters. The monoisotopic (exact) mass is 328 g/mol. The molecule has 6 heteroatoms. The first-order valence-electron chi connectivity index (χ1n) is 7.36. The van der Waals surface area contributed by atoms with Gasteiger partial charge in [-0.1, -0.05) is 23.7 Å². The van der Waals surface area contributed by atoms with Crippen molar-refractivity contribution < 1.29 is 4.79 Å². The van der Waals surface area contributed by atoms with Crippen molar-refractivity contribution in [3.8, 4) is 0 Å². The summed E-state index contributed by atoms with van der Waals surface area (Å²) in [5, 5.41) is 10.1. The number of hydrogen-bond acceptors (Lipinski definition) is 2. The minimum atomic E-state index is -0.0543. The smallest absolute Gasteiger partial charge is 0.226 e. The number of carbonyl (C=O) groups is 1. The number of aromatic amines is 1. The number of halogens is 1. The van der Waals surface area contributed by atoms with E-state index in [1.165, 1.54) is 0 Å². The van der Waals surface area contributed by atoms with Crippen LogP contribution in [0.1, 0.15) is 17.9 Å². The first kappa shape index (κ1) is 15.4. The Morgan fingerprint density at radius 1 is 1.22 bits per heavy atom. The van der Waals surface area contributed by atoms with E-state index in [4.69, 9.17) is 11.6 Å². The average molecular weight is 329 g/mol. The molecule has 2 aromatic heterocycles. The molecule has 2 N–H and O–H groups in total. The molecule has 0 aliphatic carbocycles. The first-order valence-corrected chi connectivity index (χ1v) is 7.74. The van der Waals surface area contributed by atoms with Gasteiger partial charge in [-0.15, -0.1) is 0 Å². The maximum atomic E-state index is 12.3. The molecule has 1 aromatic carbocycles. The molecule has 1 atom stereocenters. The molecule has 0 saturated carbocycles. The Bertz CT molecular complexity index is 736. The predicted molar refractivity (Wildman–Crippen MR) is 90.5 cm³/mol. The fourth-order valence-corrected chi connectivity index (χ4v) is 2.65. The number of benzene rings is 1. The lowest BCUT2D eigenvalue weighted by Gasteiger charge is -2.18. The Morgan fingerprint density at radius 2 is 1.96 bits per heavy atom. The highest BCUT2D eigenvalue weighted by molar-refractivity contribution is 6.30. The third kappa shape index (κ3) is 4.23. The van der Waals surface area contributed by atoms with Crippen molar-refractivity contribution in [1.82, 2.24) is 14.8 Å². The van der Waals surface area contributed by atoms with E-state index in [1.807, 2.05) is 48.8 Å². The summed E-state index contributed by atoms with van der Waals surface area (Å²) in [4.78, 5) is 12.3. The number of hydrogen-bond donors (Lipinski definition) is 2. The van der Waals surface area contributed by atoms with Crippen molar-refractivity contribution in [3.63, 3.8) is 0 Å². The van der Waals surface area contributed by atoms with Crippen molar-refractivity contribution in [1.29, 1.82) is 0 Å². The lowest BCUT2D eigenvalue weighted by Crippen LogP contribution is -2.18. The summed E-state index contributed by atoms with van der Waals surface area (Å²) in [6.07, 6.45) is 5.97. The second kappa shape index (κ2) is 7.15. The van der Waals surface area contributed by atoms with Crippen LogP contribution >= 0.6 is 11.6 Å². The number of carbonyl (C=O) groups excluding carboxylic acids is 1. The van der Waals surface area contributed by atoms with Crippen molar-refractivity contribution in [2.75, 3.05) is 5.32 Å². The van der Waals surface area contributed by atoms with Gasteiger partial charge in [0.15, 0.2) is 0 Å². The Labute approximate surface area is 139 Å². The summed E-state index contributed by atoms with van der Waals surface area (Å²) in [5.41, 5.74) is 1.09. The number of nitrogens with one attached hydrogen (secondary N) is 2. The second-order valence-electron chi connectivity index (χ2n) is 5.35. The molecule has 23 heavy (non-hydrogen) atoms. The van der Waals surface area contributed by atoms with Crippen LogP contribution in [-0.2, 0) is 11.3 Å². The molecule has 118 valence electrons. The van der Waals surface area contributed by atoms with Crippen molar-refractivity contribution in [2.45, 2.75) is 18.9 Å². The fraction of sp³-hybridized carbons (Fsp3) is 0.176. The topological polar surface area (TPSA) is 62.7 Å². The number of H-pyrrole nitrogens is 1. The summed E-state index contributed by atoms with van der Waals surface area (Å²) < 4.78 is 2.07. The quantitative estimate of drug-likeness (QED) is 0.725.